The van der Waals surface area contributed by atoms with Crippen LogP contribution in [0.4, 0.5) is 5.69 Å². The maximum absolute atomic E-state index is 12.5. The van der Waals surface area contributed by atoms with E-state index in [1.54, 1.807) is 36.4 Å². The minimum atomic E-state index is -0.721. The fourth-order valence-corrected chi connectivity index (χ4v) is 3.77. The molecule has 3 amide bonds. The molecule has 3 aromatic rings. The molecule has 0 saturated carbocycles. The number of anilines is 1. The van der Waals surface area contributed by atoms with Gasteiger partial charge in [0, 0.05) is 29.2 Å². The van der Waals surface area contributed by atoms with Crippen molar-refractivity contribution in [3.05, 3.63) is 88.9 Å². The maximum atomic E-state index is 12.5. The number of carbonyl (C=O) groups excluding carboxylic acids is 4. The van der Waals surface area contributed by atoms with Crippen LogP contribution in [0.2, 0.25) is 5.02 Å². The number of esters is 1. The van der Waals surface area contributed by atoms with Gasteiger partial charge in [-0.05, 0) is 67.6 Å². The van der Waals surface area contributed by atoms with Gasteiger partial charge in [0.05, 0.1) is 5.92 Å². The van der Waals surface area contributed by atoms with E-state index in [1.807, 2.05) is 31.2 Å². The predicted octanol–water partition coefficient (Wildman–Crippen LogP) is 3.80. The molecule has 0 spiro atoms. The molecule has 0 radical (unpaired) electrons. The van der Waals surface area contributed by atoms with Crippen molar-refractivity contribution in [3.8, 4) is 11.5 Å². The van der Waals surface area contributed by atoms with Gasteiger partial charge in [-0.25, -0.2) is 0 Å². The minimum Gasteiger partial charge on any atom is -0.457 e. The van der Waals surface area contributed by atoms with Crippen LogP contribution in [-0.2, 0) is 19.1 Å². The third-order valence-corrected chi connectivity index (χ3v) is 5.88. The molecule has 0 unspecified atom stereocenters. The maximum Gasteiger partial charge on any atom is 0.311 e. The molecule has 4 rings (SSSR count). The number of halogens is 1. The highest BCUT2D eigenvalue weighted by molar-refractivity contribution is 6.30. The number of hydrogen-bond donors (Lipinski definition) is 2. The number of carbonyl (C=O) groups is 4. The normalized spacial score (nSPS) is 14.7. The second-order valence-corrected chi connectivity index (χ2v) is 8.87. The zero-order valence-corrected chi connectivity index (χ0v) is 20.7. The first kappa shape index (κ1) is 25.7. The van der Waals surface area contributed by atoms with E-state index in [-0.39, 0.29) is 18.9 Å². The molecular weight excluding hydrogens is 498 g/mol. The van der Waals surface area contributed by atoms with Gasteiger partial charge in [0.25, 0.3) is 11.8 Å². The van der Waals surface area contributed by atoms with E-state index in [2.05, 4.69) is 10.9 Å². The lowest BCUT2D eigenvalue weighted by Gasteiger charge is -2.17. The molecule has 1 aliphatic heterocycles. The van der Waals surface area contributed by atoms with Crippen LogP contribution in [-0.4, -0.2) is 36.8 Å². The van der Waals surface area contributed by atoms with Crippen molar-refractivity contribution >= 4 is 41.0 Å². The molecule has 10 heteroatoms. The summed E-state index contributed by atoms with van der Waals surface area (Å²) in [6.07, 6.45) is -0.0324. The SMILES string of the molecule is Cc1ccc(Oc2ccc(N3C[C@@H](C(=O)OCC(=O)NNC(=O)c4ccc(Cl)cc4)CC3=O)cc2)cc1. The Balaban J connectivity index is 1.23. The highest BCUT2D eigenvalue weighted by Gasteiger charge is 2.36. The summed E-state index contributed by atoms with van der Waals surface area (Å²) in [7, 11) is 0. The van der Waals surface area contributed by atoms with Gasteiger partial charge in [0.2, 0.25) is 5.91 Å². The number of nitrogens with zero attached hydrogens (tertiary/aromatic N) is 1. The molecule has 0 aromatic heterocycles. The summed E-state index contributed by atoms with van der Waals surface area (Å²) in [5.74, 6) is -1.57. The van der Waals surface area contributed by atoms with Crippen molar-refractivity contribution in [3.63, 3.8) is 0 Å². The molecule has 2 N–H and O–H groups in total. The van der Waals surface area contributed by atoms with Gasteiger partial charge in [0.15, 0.2) is 6.61 Å². The van der Waals surface area contributed by atoms with Crippen molar-refractivity contribution < 1.29 is 28.7 Å². The number of nitrogens with one attached hydrogen (secondary N) is 2. The van der Waals surface area contributed by atoms with E-state index in [1.165, 1.54) is 17.0 Å². The Labute approximate surface area is 218 Å². The first-order valence-electron chi connectivity index (χ1n) is 11.4. The van der Waals surface area contributed by atoms with E-state index in [0.29, 0.717) is 27.8 Å². The van der Waals surface area contributed by atoms with E-state index in [4.69, 9.17) is 21.1 Å². The van der Waals surface area contributed by atoms with Crippen LogP contribution in [0.25, 0.3) is 0 Å². The van der Waals surface area contributed by atoms with Gasteiger partial charge >= 0.3 is 5.97 Å². The van der Waals surface area contributed by atoms with Crippen LogP contribution in [0.1, 0.15) is 22.3 Å². The van der Waals surface area contributed by atoms with Crippen molar-refractivity contribution in [2.75, 3.05) is 18.1 Å². The summed E-state index contributed by atoms with van der Waals surface area (Å²) in [6, 6.07) is 20.7. The summed E-state index contributed by atoms with van der Waals surface area (Å²) in [6.45, 7) is 1.52. The van der Waals surface area contributed by atoms with E-state index in [0.717, 1.165) is 5.56 Å². The predicted molar refractivity (Wildman–Crippen MR) is 136 cm³/mol. The summed E-state index contributed by atoms with van der Waals surface area (Å²) < 4.78 is 10.9. The summed E-state index contributed by atoms with van der Waals surface area (Å²) >= 11 is 5.78. The average molecular weight is 522 g/mol. The standard InChI is InChI=1S/C27H24ClN3O6/c1-17-2-10-22(11-3-17)37-23-12-8-21(9-13-23)31-15-19(14-25(31)33)27(35)36-16-24(32)29-30-26(34)18-4-6-20(28)7-5-18/h2-13,19H,14-16H2,1H3,(H,29,32)(H,30,34)/t19-/m0/s1. The second kappa shape index (κ2) is 11.6. The Morgan fingerprint density at radius 3 is 2.19 bits per heavy atom. The van der Waals surface area contributed by atoms with E-state index in [9.17, 15) is 19.2 Å². The van der Waals surface area contributed by atoms with Crippen LogP contribution in [0.5, 0.6) is 11.5 Å². The highest BCUT2D eigenvalue weighted by atomic mass is 35.5. The largest absolute Gasteiger partial charge is 0.457 e. The number of hydrazine groups is 1. The van der Waals surface area contributed by atoms with Gasteiger partial charge in [0.1, 0.15) is 11.5 Å². The van der Waals surface area contributed by atoms with Crippen molar-refractivity contribution in [2.24, 2.45) is 5.92 Å². The molecule has 9 nitrogen and oxygen atoms in total. The van der Waals surface area contributed by atoms with Gasteiger partial charge < -0.3 is 14.4 Å². The van der Waals surface area contributed by atoms with Crippen LogP contribution in [0, 0.1) is 12.8 Å². The lowest BCUT2D eigenvalue weighted by molar-refractivity contribution is -0.152. The second-order valence-electron chi connectivity index (χ2n) is 8.43. The van der Waals surface area contributed by atoms with Crippen LogP contribution < -0.4 is 20.5 Å². The Morgan fingerprint density at radius 1 is 0.919 bits per heavy atom. The summed E-state index contributed by atoms with van der Waals surface area (Å²) in [4.78, 5) is 50.4. The van der Waals surface area contributed by atoms with Crippen LogP contribution >= 0.6 is 11.6 Å². The summed E-state index contributed by atoms with van der Waals surface area (Å²) in [5.41, 5.74) is 6.44. The van der Waals surface area contributed by atoms with Crippen molar-refractivity contribution in [1.82, 2.24) is 10.9 Å². The fraction of sp³-hybridized carbons (Fsp3) is 0.185. The number of rotatable bonds is 7. The molecule has 37 heavy (non-hydrogen) atoms. The van der Waals surface area contributed by atoms with Crippen molar-refractivity contribution in [2.45, 2.75) is 13.3 Å². The van der Waals surface area contributed by atoms with Gasteiger partial charge in [-0.1, -0.05) is 29.3 Å². The third kappa shape index (κ3) is 6.86. The van der Waals surface area contributed by atoms with Crippen molar-refractivity contribution in [1.29, 1.82) is 0 Å². The third-order valence-electron chi connectivity index (χ3n) is 5.63. The first-order valence-corrected chi connectivity index (χ1v) is 11.8. The molecule has 1 heterocycles. The molecule has 3 aromatic carbocycles. The van der Waals surface area contributed by atoms with Crippen LogP contribution in [0.15, 0.2) is 72.8 Å². The smallest absolute Gasteiger partial charge is 0.311 e. The molecule has 1 fully saturated rings. The monoisotopic (exact) mass is 521 g/mol. The Morgan fingerprint density at radius 2 is 1.54 bits per heavy atom. The highest BCUT2D eigenvalue weighted by Crippen LogP contribution is 2.29. The van der Waals surface area contributed by atoms with E-state index < -0.39 is 30.3 Å². The molecule has 1 saturated heterocycles. The lowest BCUT2D eigenvalue weighted by atomic mass is 10.1. The minimum absolute atomic E-state index is 0.0324. The lowest BCUT2D eigenvalue weighted by Crippen LogP contribution is -2.43. The topological polar surface area (TPSA) is 114 Å². The number of hydrogen-bond acceptors (Lipinski definition) is 6. The number of aryl methyl sites for hydroxylation is 1. The first-order chi connectivity index (χ1) is 17.8. The Hall–Kier alpha value is -4.37. The number of amides is 3. The molecule has 1 atom stereocenters. The summed E-state index contributed by atoms with van der Waals surface area (Å²) in [5, 5.41) is 0.473. The molecular formula is C27H24ClN3O6. The quantitative estimate of drug-likeness (QED) is 0.361. The molecule has 1 aliphatic rings. The zero-order valence-electron chi connectivity index (χ0n) is 19.9. The number of benzene rings is 3. The molecule has 190 valence electrons. The number of ether oxygens (including phenoxy) is 2. The Kier molecular flexibility index (Phi) is 8.05. The molecule has 0 bridgehead atoms. The van der Waals surface area contributed by atoms with Gasteiger partial charge in [-0.15, -0.1) is 0 Å². The zero-order chi connectivity index (χ0) is 26.4. The van der Waals surface area contributed by atoms with Gasteiger partial charge in [-0.3, -0.25) is 30.0 Å². The Bertz CT molecular complexity index is 1290. The molecule has 0 aliphatic carbocycles. The average Bonchev–Trinajstić information content (AvgIpc) is 3.29. The fourth-order valence-electron chi connectivity index (χ4n) is 3.64. The van der Waals surface area contributed by atoms with Crippen LogP contribution in [0.3, 0.4) is 0 Å². The van der Waals surface area contributed by atoms with Gasteiger partial charge in [-0.2, -0.15) is 0 Å². The van der Waals surface area contributed by atoms with E-state index >= 15 is 0 Å².